The third kappa shape index (κ3) is 1.80. The summed E-state index contributed by atoms with van der Waals surface area (Å²) in [6.45, 7) is 0. The van der Waals surface area contributed by atoms with Gasteiger partial charge in [0.1, 0.15) is 5.58 Å². The fraction of sp³-hybridized carbons (Fsp3) is 0. The highest BCUT2D eigenvalue weighted by Gasteiger charge is 2.18. The average molecular weight is 276 g/mol. The van der Waals surface area contributed by atoms with Gasteiger partial charge in [-0.2, -0.15) is 0 Å². The Kier molecular flexibility index (Phi) is 2.54. The molecule has 4 heteroatoms. The van der Waals surface area contributed by atoms with Crippen molar-refractivity contribution in [3.63, 3.8) is 0 Å². The maximum absolute atomic E-state index is 12.4. The number of aromatic amines is 2. The lowest BCUT2D eigenvalue weighted by Gasteiger charge is -2.09. The van der Waals surface area contributed by atoms with Crippen molar-refractivity contribution in [2.75, 3.05) is 0 Å². The van der Waals surface area contributed by atoms with Crippen molar-refractivity contribution in [1.29, 1.82) is 0 Å². The minimum absolute atomic E-state index is 0.347. The molecule has 0 amide bonds. The molecule has 1 aromatic carbocycles. The molecule has 2 N–H and O–H groups in total. The Morgan fingerprint density at radius 3 is 2.10 bits per heavy atom. The largest absolute Gasteiger partial charge is 0.422 e. The SMILES string of the molecule is O=c1oc2ccccc2c(-c2ccc[nH]2)c1-c1ccc[nH]1. The van der Waals surface area contributed by atoms with Crippen LogP contribution < -0.4 is 5.63 Å². The zero-order valence-corrected chi connectivity index (χ0v) is 11.1. The lowest BCUT2D eigenvalue weighted by atomic mass is 9.99. The Labute approximate surface area is 120 Å². The van der Waals surface area contributed by atoms with Crippen LogP contribution in [0.5, 0.6) is 0 Å². The van der Waals surface area contributed by atoms with E-state index in [1.54, 1.807) is 6.20 Å². The molecule has 0 spiro atoms. The van der Waals surface area contributed by atoms with Gasteiger partial charge in [0.15, 0.2) is 0 Å². The molecule has 0 aliphatic heterocycles. The molecule has 0 unspecified atom stereocenters. The van der Waals surface area contributed by atoms with Gasteiger partial charge < -0.3 is 14.4 Å². The van der Waals surface area contributed by atoms with Crippen LogP contribution in [0.15, 0.2) is 70.1 Å². The van der Waals surface area contributed by atoms with Gasteiger partial charge in [-0.3, -0.25) is 0 Å². The number of fused-ring (bicyclic) bond motifs is 1. The third-order valence-electron chi connectivity index (χ3n) is 3.55. The molecule has 3 heterocycles. The van der Waals surface area contributed by atoms with E-state index in [1.807, 2.05) is 54.7 Å². The predicted molar refractivity (Wildman–Crippen MR) is 82.1 cm³/mol. The van der Waals surface area contributed by atoms with Gasteiger partial charge in [0.05, 0.1) is 11.3 Å². The van der Waals surface area contributed by atoms with Gasteiger partial charge in [-0.05, 0) is 30.3 Å². The summed E-state index contributed by atoms with van der Waals surface area (Å²) < 4.78 is 5.47. The van der Waals surface area contributed by atoms with Crippen LogP contribution in [0.4, 0.5) is 0 Å². The summed E-state index contributed by atoms with van der Waals surface area (Å²) in [5, 5.41) is 0.907. The average Bonchev–Trinajstić information content (AvgIpc) is 3.19. The van der Waals surface area contributed by atoms with Crippen LogP contribution in [-0.2, 0) is 0 Å². The second kappa shape index (κ2) is 4.52. The molecule has 0 bridgehead atoms. The van der Waals surface area contributed by atoms with Crippen LogP contribution in [0.1, 0.15) is 0 Å². The number of benzene rings is 1. The number of rotatable bonds is 2. The number of nitrogens with one attached hydrogen (secondary N) is 2. The van der Waals surface area contributed by atoms with E-state index >= 15 is 0 Å². The van der Waals surface area contributed by atoms with Crippen LogP contribution in [0.25, 0.3) is 33.5 Å². The first-order valence-corrected chi connectivity index (χ1v) is 6.68. The molecule has 0 saturated heterocycles. The summed E-state index contributed by atoms with van der Waals surface area (Å²) in [5.41, 5.74) is 3.28. The summed E-state index contributed by atoms with van der Waals surface area (Å²) in [6.07, 6.45) is 3.64. The summed E-state index contributed by atoms with van der Waals surface area (Å²) in [7, 11) is 0. The first-order valence-electron chi connectivity index (χ1n) is 6.68. The number of aromatic nitrogens is 2. The zero-order valence-electron chi connectivity index (χ0n) is 11.1. The lowest BCUT2D eigenvalue weighted by molar-refractivity contribution is 0.563. The Hall–Kier alpha value is -3.01. The minimum Gasteiger partial charge on any atom is -0.422 e. The Balaban J connectivity index is 2.20. The van der Waals surface area contributed by atoms with E-state index in [1.165, 1.54) is 0 Å². The molecule has 0 atom stereocenters. The van der Waals surface area contributed by atoms with E-state index in [-0.39, 0.29) is 5.63 Å². The fourth-order valence-electron chi connectivity index (χ4n) is 2.65. The summed E-state index contributed by atoms with van der Waals surface area (Å²) in [4.78, 5) is 18.7. The van der Waals surface area contributed by atoms with E-state index in [2.05, 4.69) is 9.97 Å². The van der Waals surface area contributed by atoms with Crippen molar-refractivity contribution >= 4 is 11.0 Å². The second-order valence-electron chi connectivity index (χ2n) is 4.80. The van der Waals surface area contributed by atoms with Crippen LogP contribution in [0.3, 0.4) is 0 Å². The Morgan fingerprint density at radius 1 is 0.762 bits per heavy atom. The number of hydrogen-bond acceptors (Lipinski definition) is 2. The summed E-state index contributed by atoms with van der Waals surface area (Å²) >= 11 is 0. The molecule has 0 radical (unpaired) electrons. The van der Waals surface area contributed by atoms with E-state index in [0.29, 0.717) is 11.1 Å². The number of hydrogen-bond donors (Lipinski definition) is 2. The normalized spacial score (nSPS) is 11.0. The van der Waals surface area contributed by atoms with E-state index in [4.69, 9.17) is 4.42 Å². The minimum atomic E-state index is -0.347. The van der Waals surface area contributed by atoms with Crippen LogP contribution in [0, 0.1) is 0 Å². The van der Waals surface area contributed by atoms with Gasteiger partial charge in [0.25, 0.3) is 0 Å². The number of H-pyrrole nitrogens is 2. The van der Waals surface area contributed by atoms with E-state index in [9.17, 15) is 4.79 Å². The monoisotopic (exact) mass is 276 g/mol. The number of para-hydroxylation sites is 1. The molecular formula is C17H12N2O2. The maximum atomic E-state index is 12.4. The molecular weight excluding hydrogens is 264 g/mol. The Morgan fingerprint density at radius 2 is 1.43 bits per heavy atom. The van der Waals surface area contributed by atoms with Gasteiger partial charge in [-0.15, -0.1) is 0 Å². The van der Waals surface area contributed by atoms with Crippen LogP contribution in [-0.4, -0.2) is 9.97 Å². The van der Waals surface area contributed by atoms with Gasteiger partial charge in [-0.25, -0.2) is 4.79 Å². The van der Waals surface area contributed by atoms with Crippen LogP contribution >= 0.6 is 0 Å². The van der Waals surface area contributed by atoms with E-state index in [0.717, 1.165) is 22.3 Å². The van der Waals surface area contributed by atoms with Crippen molar-refractivity contribution in [3.05, 3.63) is 71.3 Å². The third-order valence-corrected chi connectivity index (χ3v) is 3.55. The zero-order chi connectivity index (χ0) is 14.2. The Bertz CT molecular complexity index is 948. The van der Waals surface area contributed by atoms with Crippen LogP contribution in [0.2, 0.25) is 0 Å². The molecule has 4 rings (SSSR count). The van der Waals surface area contributed by atoms with Crippen molar-refractivity contribution in [1.82, 2.24) is 9.97 Å². The van der Waals surface area contributed by atoms with Gasteiger partial charge in [0.2, 0.25) is 0 Å². The molecule has 0 fully saturated rings. The van der Waals surface area contributed by atoms with E-state index < -0.39 is 0 Å². The molecule has 4 nitrogen and oxygen atoms in total. The molecule has 102 valence electrons. The van der Waals surface area contributed by atoms with Crippen molar-refractivity contribution < 1.29 is 4.42 Å². The van der Waals surface area contributed by atoms with Gasteiger partial charge in [0, 0.05) is 29.0 Å². The fourth-order valence-corrected chi connectivity index (χ4v) is 2.65. The van der Waals surface area contributed by atoms with Crippen molar-refractivity contribution in [2.45, 2.75) is 0 Å². The first kappa shape index (κ1) is 11.8. The van der Waals surface area contributed by atoms with Crippen molar-refractivity contribution in [2.24, 2.45) is 0 Å². The highest BCUT2D eigenvalue weighted by atomic mass is 16.4. The smallest absolute Gasteiger partial charge is 0.346 e. The summed E-state index contributed by atoms with van der Waals surface area (Å²) in [5.74, 6) is 0. The molecule has 0 aliphatic rings. The van der Waals surface area contributed by atoms with Gasteiger partial charge >= 0.3 is 5.63 Å². The predicted octanol–water partition coefficient (Wildman–Crippen LogP) is 3.78. The second-order valence-corrected chi connectivity index (χ2v) is 4.80. The topological polar surface area (TPSA) is 61.8 Å². The molecule has 0 aliphatic carbocycles. The summed E-state index contributed by atoms with van der Waals surface area (Å²) in [6, 6.07) is 15.2. The van der Waals surface area contributed by atoms with Gasteiger partial charge in [-0.1, -0.05) is 18.2 Å². The molecule has 4 aromatic rings. The highest BCUT2D eigenvalue weighted by Crippen LogP contribution is 2.34. The maximum Gasteiger partial charge on any atom is 0.346 e. The quantitative estimate of drug-likeness (QED) is 0.547. The molecule has 3 aromatic heterocycles. The highest BCUT2D eigenvalue weighted by molar-refractivity contribution is 5.99. The first-order chi connectivity index (χ1) is 10.3. The van der Waals surface area contributed by atoms with Crippen molar-refractivity contribution in [3.8, 4) is 22.5 Å². The lowest BCUT2D eigenvalue weighted by Crippen LogP contribution is -2.06. The standard InChI is InChI=1S/C17H12N2O2/c20-17-16(13-7-4-10-19-13)15(12-6-3-9-18-12)11-5-1-2-8-14(11)21-17/h1-10,18-19H. The molecule has 21 heavy (non-hydrogen) atoms. The molecule has 0 saturated carbocycles.